The summed E-state index contributed by atoms with van der Waals surface area (Å²) >= 11 is 0. The predicted octanol–water partition coefficient (Wildman–Crippen LogP) is 4.79. The first-order chi connectivity index (χ1) is 16.8. The van der Waals surface area contributed by atoms with Gasteiger partial charge in [-0.3, -0.25) is 4.79 Å². The molecule has 2 aliphatic rings. The molecular formula is C25H32F3N5O3. The quantitative estimate of drug-likeness (QED) is 0.619. The van der Waals surface area contributed by atoms with Crippen LogP contribution in [-0.2, 0) is 12.6 Å². The molecule has 2 aliphatic heterocycles. The van der Waals surface area contributed by atoms with Crippen LogP contribution < -0.4 is 15.9 Å². The fraction of sp³-hybridized carbons (Fsp3) is 0.560. The largest absolute Gasteiger partial charge is 0.465 e. The van der Waals surface area contributed by atoms with Gasteiger partial charge in [0.1, 0.15) is 0 Å². The number of rotatable bonds is 4. The Morgan fingerprint density at radius 2 is 1.72 bits per heavy atom. The van der Waals surface area contributed by atoms with Crippen LogP contribution in [0.15, 0.2) is 29.1 Å². The number of carbonyl (C=O) groups is 1. The Balaban J connectivity index is 1.78. The molecule has 196 valence electrons. The number of nitrogens with zero attached hydrogens (tertiary/aromatic N) is 4. The van der Waals surface area contributed by atoms with Gasteiger partial charge >= 0.3 is 12.3 Å². The summed E-state index contributed by atoms with van der Waals surface area (Å²) in [6.07, 6.45) is -3.39. The molecule has 11 heteroatoms. The number of halogens is 3. The molecule has 0 aliphatic carbocycles. The number of carboxylic acid groups (broad SMARTS) is 1. The third-order valence-electron chi connectivity index (χ3n) is 6.86. The van der Waals surface area contributed by atoms with Gasteiger partial charge in [-0.2, -0.15) is 17.8 Å². The molecule has 2 unspecified atom stereocenters. The van der Waals surface area contributed by atoms with Crippen molar-refractivity contribution < 1.29 is 23.1 Å². The van der Waals surface area contributed by atoms with Crippen molar-refractivity contribution >= 4 is 12.0 Å². The lowest BCUT2D eigenvalue weighted by Gasteiger charge is -2.42. The molecule has 0 radical (unpaired) electrons. The van der Waals surface area contributed by atoms with Gasteiger partial charge in [-0.05, 0) is 42.9 Å². The Kier molecular flexibility index (Phi) is 6.70. The van der Waals surface area contributed by atoms with Crippen molar-refractivity contribution in [1.29, 1.82) is 0 Å². The minimum atomic E-state index is -4.42. The van der Waals surface area contributed by atoms with E-state index < -0.39 is 35.3 Å². The molecule has 1 fully saturated rings. The SMILES string of the molecule is CC(Nc1nc2c(c(=O)n1N1CCCC1)C(C(C)(C)C)N(C(=O)O)CC2)c1ccc(C(F)(F)F)cc1. The van der Waals surface area contributed by atoms with Crippen LogP contribution in [0.3, 0.4) is 0 Å². The molecule has 0 spiro atoms. The molecular weight excluding hydrogens is 475 g/mol. The number of fused-ring (bicyclic) bond motifs is 1. The number of hydrogen-bond donors (Lipinski definition) is 2. The van der Waals surface area contributed by atoms with Gasteiger partial charge in [-0.15, -0.1) is 0 Å². The van der Waals surface area contributed by atoms with Gasteiger partial charge < -0.3 is 20.3 Å². The Bertz CT molecular complexity index is 1180. The summed E-state index contributed by atoms with van der Waals surface area (Å²) in [5, 5.41) is 15.0. The molecule has 0 bridgehead atoms. The summed E-state index contributed by atoms with van der Waals surface area (Å²) in [5.74, 6) is 0.310. The van der Waals surface area contributed by atoms with Crippen molar-refractivity contribution in [2.24, 2.45) is 5.41 Å². The van der Waals surface area contributed by atoms with Crippen LogP contribution in [0.5, 0.6) is 0 Å². The summed E-state index contributed by atoms with van der Waals surface area (Å²) in [7, 11) is 0. The lowest BCUT2D eigenvalue weighted by molar-refractivity contribution is -0.137. The second-order valence-corrected chi connectivity index (χ2v) is 10.6. The van der Waals surface area contributed by atoms with Gasteiger partial charge in [0.2, 0.25) is 5.95 Å². The topological polar surface area (TPSA) is 90.7 Å². The van der Waals surface area contributed by atoms with Gasteiger partial charge in [-0.1, -0.05) is 32.9 Å². The molecule has 3 heterocycles. The third-order valence-corrected chi connectivity index (χ3v) is 6.86. The highest BCUT2D eigenvalue weighted by Crippen LogP contribution is 2.41. The lowest BCUT2D eigenvalue weighted by atomic mass is 9.79. The van der Waals surface area contributed by atoms with Crippen LogP contribution >= 0.6 is 0 Å². The van der Waals surface area contributed by atoms with E-state index in [1.54, 1.807) is 6.92 Å². The zero-order valence-electron chi connectivity index (χ0n) is 20.9. The normalized spacial score (nSPS) is 19.2. The van der Waals surface area contributed by atoms with Crippen molar-refractivity contribution in [2.75, 3.05) is 30.0 Å². The van der Waals surface area contributed by atoms with Crippen LogP contribution in [0.25, 0.3) is 0 Å². The zero-order chi connectivity index (χ0) is 26.4. The molecule has 4 rings (SSSR count). The highest BCUT2D eigenvalue weighted by atomic mass is 19.4. The molecule has 8 nitrogen and oxygen atoms in total. The molecule has 2 atom stereocenters. The fourth-order valence-electron chi connectivity index (χ4n) is 5.15. The molecule has 1 saturated heterocycles. The number of alkyl halides is 3. The number of nitrogens with one attached hydrogen (secondary N) is 1. The first-order valence-electron chi connectivity index (χ1n) is 12.1. The van der Waals surface area contributed by atoms with E-state index in [4.69, 9.17) is 4.98 Å². The van der Waals surface area contributed by atoms with E-state index in [1.165, 1.54) is 21.7 Å². The molecule has 2 N–H and O–H groups in total. The third kappa shape index (κ3) is 4.87. The Labute approximate surface area is 207 Å². The molecule has 36 heavy (non-hydrogen) atoms. The average molecular weight is 508 g/mol. The Hall–Kier alpha value is -3.24. The van der Waals surface area contributed by atoms with Crippen molar-refractivity contribution in [3.05, 3.63) is 57.0 Å². The molecule has 1 aromatic carbocycles. The molecule has 2 aromatic rings. The fourth-order valence-corrected chi connectivity index (χ4v) is 5.15. The van der Waals surface area contributed by atoms with Crippen LogP contribution in [0.2, 0.25) is 0 Å². The van der Waals surface area contributed by atoms with E-state index in [9.17, 15) is 27.9 Å². The maximum absolute atomic E-state index is 14.0. The summed E-state index contributed by atoms with van der Waals surface area (Å²) in [6.45, 7) is 9.02. The summed E-state index contributed by atoms with van der Waals surface area (Å²) in [6, 6.07) is 3.82. The van der Waals surface area contributed by atoms with Gasteiger partial charge in [0.25, 0.3) is 5.56 Å². The first-order valence-corrected chi connectivity index (χ1v) is 12.1. The predicted molar refractivity (Wildman–Crippen MR) is 130 cm³/mol. The first kappa shape index (κ1) is 25.8. The van der Waals surface area contributed by atoms with Crippen LogP contribution in [0.1, 0.15) is 75.0 Å². The molecule has 0 saturated carbocycles. The van der Waals surface area contributed by atoms with E-state index >= 15 is 0 Å². The van der Waals surface area contributed by atoms with Crippen LogP contribution in [0.4, 0.5) is 23.9 Å². The van der Waals surface area contributed by atoms with Crippen LogP contribution in [0, 0.1) is 5.41 Å². The Morgan fingerprint density at radius 1 is 1.11 bits per heavy atom. The van der Waals surface area contributed by atoms with Crippen molar-refractivity contribution in [3.8, 4) is 0 Å². The number of aromatic nitrogens is 2. The van der Waals surface area contributed by atoms with Gasteiger partial charge in [0.05, 0.1) is 28.9 Å². The zero-order valence-corrected chi connectivity index (χ0v) is 20.9. The van der Waals surface area contributed by atoms with Gasteiger partial charge in [0.15, 0.2) is 0 Å². The second-order valence-electron chi connectivity index (χ2n) is 10.6. The number of hydrogen-bond acceptors (Lipinski definition) is 5. The standard InChI is InChI=1S/C25H32F3N5O3/c1-15(16-7-9-17(10-8-16)25(26,27)28)29-22-30-18-11-14-32(23(35)36)20(24(2,3)4)19(18)21(34)33(22)31-12-5-6-13-31/h7-10,15,20H,5-6,11-14H2,1-4H3,(H,29,30)(H,35,36). The smallest absolute Gasteiger partial charge is 0.416 e. The number of benzene rings is 1. The second kappa shape index (κ2) is 9.33. The Morgan fingerprint density at radius 3 is 2.25 bits per heavy atom. The van der Waals surface area contributed by atoms with E-state index in [0.717, 1.165) is 25.0 Å². The van der Waals surface area contributed by atoms with Gasteiger partial charge in [-0.25, -0.2) is 9.78 Å². The van der Waals surface area contributed by atoms with Crippen molar-refractivity contribution in [3.63, 3.8) is 0 Å². The summed E-state index contributed by atoms with van der Waals surface area (Å²) in [5.41, 5.74) is -0.0246. The average Bonchev–Trinajstić information content (AvgIpc) is 3.31. The maximum atomic E-state index is 14.0. The highest BCUT2D eigenvalue weighted by Gasteiger charge is 2.42. The maximum Gasteiger partial charge on any atom is 0.416 e. The van der Waals surface area contributed by atoms with E-state index in [0.29, 0.717) is 42.3 Å². The minimum Gasteiger partial charge on any atom is -0.465 e. The molecule has 1 amide bonds. The van der Waals surface area contributed by atoms with E-state index in [-0.39, 0.29) is 12.1 Å². The van der Waals surface area contributed by atoms with Gasteiger partial charge in [0, 0.05) is 26.1 Å². The summed E-state index contributed by atoms with van der Waals surface area (Å²) < 4.78 is 40.4. The minimum absolute atomic E-state index is 0.221. The van der Waals surface area contributed by atoms with Crippen LogP contribution in [-0.4, -0.2) is 45.4 Å². The molecule has 1 aromatic heterocycles. The highest BCUT2D eigenvalue weighted by molar-refractivity contribution is 5.66. The number of anilines is 1. The van der Waals surface area contributed by atoms with Crippen molar-refractivity contribution in [1.82, 2.24) is 14.6 Å². The van der Waals surface area contributed by atoms with E-state index in [2.05, 4.69) is 5.32 Å². The van der Waals surface area contributed by atoms with Crippen molar-refractivity contribution in [2.45, 2.75) is 65.2 Å². The van der Waals surface area contributed by atoms with E-state index in [1.807, 2.05) is 25.8 Å². The lowest BCUT2D eigenvalue weighted by Crippen LogP contribution is -2.51. The number of amides is 1. The summed E-state index contributed by atoms with van der Waals surface area (Å²) in [4.78, 5) is 32.2. The monoisotopic (exact) mass is 507 g/mol.